The fraction of sp³-hybridized carbons (Fsp3) is 0.647. The highest BCUT2D eigenvalue weighted by atomic mass is 32.1. The predicted molar refractivity (Wildman–Crippen MR) is 95.1 cm³/mol. The van der Waals surface area contributed by atoms with E-state index < -0.39 is 0 Å². The zero-order valence-corrected chi connectivity index (χ0v) is 15.2. The Hall–Kier alpha value is -1.20. The molecule has 0 atom stereocenters. The fourth-order valence-electron chi connectivity index (χ4n) is 2.69. The van der Waals surface area contributed by atoms with Crippen LogP contribution in [0.2, 0.25) is 0 Å². The molecule has 4 nitrogen and oxygen atoms in total. The van der Waals surface area contributed by atoms with Crippen LogP contribution in [0.15, 0.2) is 10.9 Å². The third-order valence-electron chi connectivity index (χ3n) is 4.13. The Morgan fingerprint density at radius 2 is 1.95 bits per heavy atom. The van der Waals surface area contributed by atoms with Crippen LogP contribution in [-0.2, 0) is 13.0 Å². The standard InChI is InChI=1S/C17H27N3OS/c1-6-13-11-14-16(22-13)18-15(12(4)5)20(17(14)21)10-9-19(7-2)8-3/h11-12H,6-10H2,1-5H3. The van der Waals surface area contributed by atoms with Gasteiger partial charge in [-0.3, -0.25) is 9.36 Å². The number of nitrogens with zero attached hydrogens (tertiary/aromatic N) is 3. The van der Waals surface area contributed by atoms with E-state index in [-0.39, 0.29) is 11.5 Å². The maximum Gasteiger partial charge on any atom is 0.262 e. The van der Waals surface area contributed by atoms with E-state index in [1.807, 2.05) is 10.6 Å². The minimum Gasteiger partial charge on any atom is -0.302 e. The average Bonchev–Trinajstić information content (AvgIpc) is 2.93. The van der Waals surface area contributed by atoms with Crippen molar-refractivity contribution in [3.63, 3.8) is 0 Å². The lowest BCUT2D eigenvalue weighted by molar-refractivity contribution is 0.286. The van der Waals surface area contributed by atoms with E-state index in [2.05, 4.69) is 39.5 Å². The van der Waals surface area contributed by atoms with Crippen LogP contribution in [0, 0.1) is 0 Å². The summed E-state index contributed by atoms with van der Waals surface area (Å²) < 4.78 is 1.89. The molecule has 0 saturated heterocycles. The number of likely N-dealkylation sites (N-methyl/N-ethyl adjacent to an activating group) is 1. The molecule has 2 aromatic rings. The number of thiophene rings is 1. The van der Waals surface area contributed by atoms with Crippen molar-refractivity contribution >= 4 is 21.6 Å². The lowest BCUT2D eigenvalue weighted by Gasteiger charge is -2.20. The molecule has 0 spiro atoms. The largest absolute Gasteiger partial charge is 0.302 e. The lowest BCUT2D eigenvalue weighted by Crippen LogP contribution is -2.33. The van der Waals surface area contributed by atoms with Crippen molar-refractivity contribution in [1.82, 2.24) is 14.5 Å². The molecule has 2 rings (SSSR count). The van der Waals surface area contributed by atoms with Gasteiger partial charge in [-0.1, -0.05) is 34.6 Å². The summed E-state index contributed by atoms with van der Waals surface area (Å²) in [6.07, 6.45) is 0.955. The second-order valence-electron chi connectivity index (χ2n) is 5.89. The molecule has 0 aliphatic carbocycles. The van der Waals surface area contributed by atoms with E-state index in [0.717, 1.165) is 42.1 Å². The number of rotatable bonds is 7. The molecule has 2 heterocycles. The van der Waals surface area contributed by atoms with Gasteiger partial charge in [-0.05, 0) is 25.6 Å². The number of fused-ring (bicyclic) bond motifs is 1. The number of aromatic nitrogens is 2. The maximum atomic E-state index is 12.9. The summed E-state index contributed by atoms with van der Waals surface area (Å²) in [5.41, 5.74) is 0.122. The molecule has 0 bridgehead atoms. The highest BCUT2D eigenvalue weighted by Gasteiger charge is 2.16. The highest BCUT2D eigenvalue weighted by Crippen LogP contribution is 2.24. The van der Waals surface area contributed by atoms with Crippen molar-refractivity contribution < 1.29 is 0 Å². The summed E-state index contributed by atoms with van der Waals surface area (Å²) in [5, 5.41) is 0.783. The molecule has 2 aromatic heterocycles. The van der Waals surface area contributed by atoms with E-state index in [1.54, 1.807) is 11.3 Å². The summed E-state index contributed by atoms with van der Waals surface area (Å²) in [6, 6.07) is 2.02. The molecule has 0 amide bonds. The molecule has 0 fully saturated rings. The Morgan fingerprint density at radius 3 is 2.50 bits per heavy atom. The smallest absolute Gasteiger partial charge is 0.262 e. The van der Waals surface area contributed by atoms with E-state index in [9.17, 15) is 4.79 Å². The monoisotopic (exact) mass is 321 g/mol. The van der Waals surface area contributed by atoms with Gasteiger partial charge in [-0.25, -0.2) is 4.98 Å². The summed E-state index contributed by atoms with van der Waals surface area (Å²) >= 11 is 1.65. The summed E-state index contributed by atoms with van der Waals surface area (Å²) in [4.78, 5) is 22.1. The van der Waals surface area contributed by atoms with E-state index in [1.165, 1.54) is 4.88 Å². The second kappa shape index (κ2) is 7.38. The van der Waals surface area contributed by atoms with Gasteiger partial charge < -0.3 is 4.90 Å². The van der Waals surface area contributed by atoms with Crippen LogP contribution >= 0.6 is 11.3 Å². The Labute approximate surface area is 136 Å². The molecule has 0 radical (unpaired) electrons. The summed E-state index contributed by atoms with van der Waals surface area (Å²) in [5.74, 6) is 1.16. The van der Waals surface area contributed by atoms with Crippen LogP contribution in [0.5, 0.6) is 0 Å². The molecule has 5 heteroatoms. The average molecular weight is 321 g/mol. The van der Waals surface area contributed by atoms with Crippen molar-refractivity contribution in [1.29, 1.82) is 0 Å². The van der Waals surface area contributed by atoms with Crippen LogP contribution in [0.3, 0.4) is 0 Å². The van der Waals surface area contributed by atoms with Gasteiger partial charge in [0.25, 0.3) is 5.56 Å². The van der Waals surface area contributed by atoms with Crippen molar-refractivity contribution in [3.05, 3.63) is 27.1 Å². The van der Waals surface area contributed by atoms with E-state index in [4.69, 9.17) is 4.98 Å². The minimum atomic E-state index is 0.122. The molecule has 122 valence electrons. The third-order valence-corrected chi connectivity index (χ3v) is 5.30. The van der Waals surface area contributed by atoms with Gasteiger partial charge in [0.15, 0.2) is 0 Å². The van der Waals surface area contributed by atoms with E-state index in [0.29, 0.717) is 6.54 Å². The van der Waals surface area contributed by atoms with Gasteiger partial charge in [0.05, 0.1) is 5.39 Å². The maximum absolute atomic E-state index is 12.9. The molecule has 0 aliphatic heterocycles. The van der Waals surface area contributed by atoms with Gasteiger partial charge in [0, 0.05) is 23.9 Å². The first-order valence-electron chi connectivity index (χ1n) is 8.27. The first kappa shape index (κ1) is 17.2. The van der Waals surface area contributed by atoms with Gasteiger partial charge in [-0.15, -0.1) is 11.3 Å². The molecule has 0 unspecified atom stereocenters. The van der Waals surface area contributed by atoms with Crippen LogP contribution in [0.1, 0.15) is 51.2 Å². The molecule has 22 heavy (non-hydrogen) atoms. The van der Waals surface area contributed by atoms with Gasteiger partial charge in [0.2, 0.25) is 0 Å². The molecule has 0 N–H and O–H groups in total. The third kappa shape index (κ3) is 3.41. The number of hydrogen-bond acceptors (Lipinski definition) is 4. The minimum absolute atomic E-state index is 0.122. The zero-order valence-electron chi connectivity index (χ0n) is 14.3. The van der Waals surface area contributed by atoms with Crippen molar-refractivity contribution in [2.75, 3.05) is 19.6 Å². The Balaban J connectivity index is 2.47. The van der Waals surface area contributed by atoms with Crippen molar-refractivity contribution in [2.45, 2.75) is 53.5 Å². The Bertz CT molecular complexity index is 683. The van der Waals surface area contributed by atoms with Gasteiger partial charge in [0.1, 0.15) is 10.7 Å². The van der Waals surface area contributed by atoms with Gasteiger partial charge in [-0.2, -0.15) is 0 Å². The number of hydrogen-bond donors (Lipinski definition) is 0. The number of aryl methyl sites for hydroxylation is 1. The molecular weight excluding hydrogens is 294 g/mol. The molecule has 0 aliphatic rings. The van der Waals surface area contributed by atoms with Crippen LogP contribution in [-0.4, -0.2) is 34.1 Å². The van der Waals surface area contributed by atoms with Gasteiger partial charge >= 0.3 is 0 Å². The summed E-state index contributed by atoms with van der Waals surface area (Å²) in [7, 11) is 0. The summed E-state index contributed by atoms with van der Waals surface area (Å²) in [6.45, 7) is 14.3. The normalized spacial score (nSPS) is 12.0. The van der Waals surface area contributed by atoms with Crippen LogP contribution in [0.25, 0.3) is 10.2 Å². The Kier molecular flexibility index (Phi) is 5.75. The predicted octanol–water partition coefficient (Wildman–Crippen LogP) is 3.49. The lowest BCUT2D eigenvalue weighted by atomic mass is 10.2. The first-order chi connectivity index (χ1) is 10.5. The van der Waals surface area contributed by atoms with Crippen molar-refractivity contribution in [2.24, 2.45) is 0 Å². The fourth-order valence-corrected chi connectivity index (χ4v) is 3.66. The second-order valence-corrected chi connectivity index (χ2v) is 7.01. The molecule has 0 saturated carbocycles. The quantitative estimate of drug-likeness (QED) is 0.783. The van der Waals surface area contributed by atoms with Crippen LogP contribution < -0.4 is 5.56 Å². The SMILES string of the molecule is CCc1cc2c(=O)n(CCN(CC)CC)c(C(C)C)nc2s1. The molecule has 0 aromatic carbocycles. The van der Waals surface area contributed by atoms with Crippen LogP contribution in [0.4, 0.5) is 0 Å². The molecular formula is C17H27N3OS. The van der Waals surface area contributed by atoms with Crippen molar-refractivity contribution in [3.8, 4) is 0 Å². The topological polar surface area (TPSA) is 38.1 Å². The zero-order chi connectivity index (χ0) is 16.3. The highest BCUT2D eigenvalue weighted by molar-refractivity contribution is 7.18. The van der Waals surface area contributed by atoms with E-state index >= 15 is 0 Å². The first-order valence-corrected chi connectivity index (χ1v) is 9.08. The Morgan fingerprint density at radius 1 is 1.27 bits per heavy atom.